The molecule has 4 aromatic carbocycles. The van der Waals surface area contributed by atoms with Gasteiger partial charge in [0.05, 0.1) is 5.41 Å². The zero-order valence-electron chi connectivity index (χ0n) is 27.6. The second kappa shape index (κ2) is 11.6. The number of nitrogens with zero attached hydrogens (tertiary/aromatic N) is 1. The molecule has 0 saturated heterocycles. The van der Waals surface area contributed by atoms with Gasteiger partial charge >= 0.3 is 0 Å². The lowest BCUT2D eigenvalue weighted by Gasteiger charge is -2.33. The third-order valence-corrected chi connectivity index (χ3v) is 10.7. The maximum absolute atomic E-state index is 2.42. The summed E-state index contributed by atoms with van der Waals surface area (Å²) in [5.74, 6) is 0. The Morgan fingerprint density at radius 1 is 0.723 bits per heavy atom. The van der Waals surface area contributed by atoms with E-state index in [9.17, 15) is 0 Å². The van der Waals surface area contributed by atoms with Crippen LogP contribution in [-0.2, 0) is 5.41 Å². The molecule has 0 radical (unpaired) electrons. The molecule has 0 N–H and O–H groups in total. The predicted octanol–water partition coefficient (Wildman–Crippen LogP) is 11.8. The Balaban J connectivity index is 1.16. The van der Waals surface area contributed by atoms with Crippen LogP contribution in [0.2, 0.25) is 0 Å². The monoisotopic (exact) mass is 607 g/mol. The maximum Gasteiger partial charge on any atom is 0.0719 e. The topological polar surface area (TPSA) is 3.24 Å². The molecular weight excluding hydrogens is 567 g/mol. The fourth-order valence-electron chi connectivity index (χ4n) is 8.17. The molecule has 0 aliphatic heterocycles. The Kier molecular flexibility index (Phi) is 7.22. The van der Waals surface area contributed by atoms with Gasteiger partial charge in [-0.25, -0.2) is 0 Å². The summed E-state index contributed by atoms with van der Waals surface area (Å²) in [5.41, 5.74) is 15.5. The van der Waals surface area contributed by atoms with Crippen molar-refractivity contribution in [3.63, 3.8) is 0 Å². The van der Waals surface area contributed by atoms with Crippen LogP contribution in [0.5, 0.6) is 0 Å². The summed E-state index contributed by atoms with van der Waals surface area (Å²) >= 11 is 0. The van der Waals surface area contributed by atoms with E-state index in [0.717, 1.165) is 19.3 Å². The molecule has 1 heteroatoms. The SMILES string of the molecule is C/C=C\C=C/C1=Cc2ccccc2C12c1ccccc1-c1cc(-c3cccc(N(C)C4=CCC(C)(C5=CCCC=C5)C=C4)c3)ccc12. The zero-order valence-corrected chi connectivity index (χ0v) is 27.6. The number of hydrogen-bond acceptors (Lipinski definition) is 1. The molecule has 2 unspecified atom stereocenters. The number of benzene rings is 4. The van der Waals surface area contributed by atoms with Gasteiger partial charge in [-0.3, -0.25) is 0 Å². The van der Waals surface area contributed by atoms with E-state index in [4.69, 9.17) is 0 Å². The average molecular weight is 608 g/mol. The fourth-order valence-corrected chi connectivity index (χ4v) is 8.17. The van der Waals surface area contributed by atoms with Gasteiger partial charge < -0.3 is 4.90 Å². The fraction of sp³-hybridized carbons (Fsp3) is 0.174. The molecule has 4 aliphatic carbocycles. The first-order valence-corrected chi connectivity index (χ1v) is 17.0. The minimum Gasteiger partial charge on any atom is -0.345 e. The van der Waals surface area contributed by atoms with Gasteiger partial charge in [0.1, 0.15) is 0 Å². The number of allylic oxidation sites excluding steroid dienone is 12. The van der Waals surface area contributed by atoms with Crippen LogP contribution in [0.1, 0.15) is 55.4 Å². The van der Waals surface area contributed by atoms with Crippen molar-refractivity contribution in [2.45, 2.75) is 38.5 Å². The number of rotatable bonds is 6. The molecule has 0 heterocycles. The molecular formula is C46H41N. The number of fused-ring (bicyclic) bond motifs is 7. The van der Waals surface area contributed by atoms with Crippen molar-refractivity contribution < 1.29 is 0 Å². The van der Waals surface area contributed by atoms with Gasteiger partial charge in [-0.15, -0.1) is 0 Å². The van der Waals surface area contributed by atoms with Crippen LogP contribution in [0.25, 0.3) is 28.3 Å². The lowest BCUT2D eigenvalue weighted by molar-refractivity contribution is 0.522. The molecule has 4 aliphatic rings. The molecule has 0 saturated carbocycles. The van der Waals surface area contributed by atoms with E-state index in [1.165, 1.54) is 67.0 Å². The van der Waals surface area contributed by atoms with Crippen LogP contribution in [0.3, 0.4) is 0 Å². The maximum atomic E-state index is 2.42. The van der Waals surface area contributed by atoms with Gasteiger partial charge in [-0.05, 0) is 112 Å². The molecule has 1 nitrogen and oxygen atoms in total. The molecule has 0 bridgehead atoms. The Bertz CT molecular complexity index is 2110. The number of hydrogen-bond donors (Lipinski definition) is 0. The second-order valence-corrected chi connectivity index (χ2v) is 13.5. The summed E-state index contributed by atoms with van der Waals surface area (Å²) < 4.78 is 0. The number of likely N-dealkylation sites (N-methyl/N-ethyl adjacent to an activating group) is 1. The van der Waals surface area contributed by atoms with Crippen LogP contribution < -0.4 is 4.90 Å². The average Bonchev–Trinajstić information content (AvgIpc) is 3.61. The summed E-state index contributed by atoms with van der Waals surface area (Å²) in [7, 11) is 2.19. The van der Waals surface area contributed by atoms with Crippen molar-refractivity contribution in [3.05, 3.63) is 191 Å². The van der Waals surface area contributed by atoms with Gasteiger partial charge in [-0.1, -0.05) is 134 Å². The third kappa shape index (κ3) is 4.68. The zero-order chi connectivity index (χ0) is 32.0. The second-order valence-electron chi connectivity index (χ2n) is 13.5. The van der Waals surface area contributed by atoms with E-state index in [1.807, 2.05) is 0 Å². The Labute approximate surface area is 280 Å². The minimum atomic E-state index is -0.320. The standard InChI is InChI=1S/C46H41N/c1-4-5-7-19-37-30-35-15-10-12-22-42(35)46(37)43-23-13-11-21-40(43)41-32-34(24-25-44(41)46)33-16-14-20-39(31-33)47(3)38-26-28-45(2,29-27-38)36-17-8-6-9-18-36/h4-5,7-8,10-28,30-32H,6,9,29H2,1-3H3/b5-4-,19-7-. The predicted molar refractivity (Wildman–Crippen MR) is 200 cm³/mol. The molecule has 47 heavy (non-hydrogen) atoms. The molecule has 0 amide bonds. The molecule has 1 spiro atoms. The summed E-state index contributed by atoms with van der Waals surface area (Å²) in [6.45, 7) is 4.43. The van der Waals surface area contributed by atoms with Crippen LogP contribution in [0.15, 0.2) is 169 Å². The van der Waals surface area contributed by atoms with E-state index >= 15 is 0 Å². The van der Waals surface area contributed by atoms with Crippen molar-refractivity contribution >= 4 is 11.8 Å². The highest BCUT2D eigenvalue weighted by molar-refractivity contribution is 5.93. The van der Waals surface area contributed by atoms with E-state index < -0.39 is 0 Å². The van der Waals surface area contributed by atoms with Crippen LogP contribution in [0.4, 0.5) is 5.69 Å². The molecule has 0 fully saturated rings. The van der Waals surface area contributed by atoms with Crippen LogP contribution in [0, 0.1) is 5.41 Å². The van der Waals surface area contributed by atoms with E-state index in [-0.39, 0.29) is 10.8 Å². The summed E-state index contributed by atoms with van der Waals surface area (Å²) in [6.07, 6.45) is 28.5. The summed E-state index contributed by atoms with van der Waals surface area (Å²) in [6, 6.07) is 34.1. The highest BCUT2D eigenvalue weighted by Crippen LogP contribution is 2.60. The first-order chi connectivity index (χ1) is 23.0. The summed E-state index contributed by atoms with van der Waals surface area (Å²) in [5, 5.41) is 0. The van der Waals surface area contributed by atoms with Gasteiger partial charge in [-0.2, -0.15) is 0 Å². The first kappa shape index (κ1) is 29.3. The van der Waals surface area contributed by atoms with E-state index in [0.29, 0.717) is 0 Å². The van der Waals surface area contributed by atoms with Gasteiger partial charge in [0.25, 0.3) is 0 Å². The van der Waals surface area contributed by atoms with Crippen molar-refractivity contribution in [2.24, 2.45) is 5.41 Å². The molecule has 0 aromatic heterocycles. The van der Waals surface area contributed by atoms with Gasteiger partial charge in [0, 0.05) is 23.8 Å². The lowest BCUT2D eigenvalue weighted by Crippen LogP contribution is -2.26. The van der Waals surface area contributed by atoms with Crippen LogP contribution in [-0.4, -0.2) is 7.05 Å². The Morgan fingerprint density at radius 2 is 1.53 bits per heavy atom. The molecule has 230 valence electrons. The van der Waals surface area contributed by atoms with E-state index in [2.05, 4.69) is 184 Å². The van der Waals surface area contributed by atoms with Crippen molar-refractivity contribution in [1.82, 2.24) is 0 Å². The van der Waals surface area contributed by atoms with Gasteiger partial charge in [0.15, 0.2) is 0 Å². The smallest absolute Gasteiger partial charge is 0.0719 e. The molecule has 8 rings (SSSR count). The largest absolute Gasteiger partial charge is 0.345 e. The lowest BCUT2D eigenvalue weighted by atomic mass is 9.69. The summed E-state index contributed by atoms with van der Waals surface area (Å²) in [4.78, 5) is 2.33. The third-order valence-electron chi connectivity index (χ3n) is 10.7. The first-order valence-electron chi connectivity index (χ1n) is 17.0. The number of anilines is 1. The highest BCUT2D eigenvalue weighted by atomic mass is 15.1. The normalized spacial score (nSPS) is 22.3. The Hall–Kier alpha value is -5.14. The van der Waals surface area contributed by atoms with Crippen molar-refractivity contribution in [3.8, 4) is 22.3 Å². The van der Waals surface area contributed by atoms with Crippen molar-refractivity contribution in [2.75, 3.05) is 11.9 Å². The molecule has 4 aromatic rings. The van der Waals surface area contributed by atoms with E-state index in [1.54, 1.807) is 0 Å². The van der Waals surface area contributed by atoms with Gasteiger partial charge in [0.2, 0.25) is 0 Å². The molecule has 2 atom stereocenters. The highest BCUT2D eigenvalue weighted by Gasteiger charge is 2.49. The Morgan fingerprint density at radius 3 is 2.34 bits per heavy atom. The quantitative estimate of drug-likeness (QED) is 0.197. The van der Waals surface area contributed by atoms with Crippen molar-refractivity contribution in [1.29, 1.82) is 0 Å². The van der Waals surface area contributed by atoms with Crippen LogP contribution >= 0.6 is 0 Å². The minimum absolute atomic E-state index is 0.0680.